The Balaban J connectivity index is 1.77. The van der Waals surface area contributed by atoms with Gasteiger partial charge in [0.25, 0.3) is 5.91 Å². The second-order valence-corrected chi connectivity index (χ2v) is 6.84. The Morgan fingerprint density at radius 1 is 1.41 bits per heavy atom. The number of anilines is 1. The predicted octanol–water partition coefficient (Wildman–Crippen LogP) is 3.78. The molecule has 1 aliphatic heterocycles. The lowest BCUT2D eigenvalue weighted by molar-refractivity contribution is 0.0924. The number of nitrogens with one attached hydrogen (secondary N) is 2. The van der Waals surface area contributed by atoms with E-state index in [1.165, 1.54) is 19.2 Å². The summed E-state index contributed by atoms with van der Waals surface area (Å²) in [5.74, 6) is -0.246. The van der Waals surface area contributed by atoms with Gasteiger partial charge >= 0.3 is 0 Å². The Morgan fingerprint density at radius 2 is 2.19 bits per heavy atom. The molecule has 2 N–H and O–H groups in total. The molecule has 5 nitrogen and oxygen atoms in total. The molecule has 1 saturated heterocycles. The molecule has 0 saturated carbocycles. The van der Waals surface area contributed by atoms with E-state index in [2.05, 4.69) is 10.6 Å². The number of carbonyl (C=O) groups excluding carboxylic acids is 1. The van der Waals surface area contributed by atoms with Crippen molar-refractivity contribution in [3.8, 4) is 5.75 Å². The minimum Gasteiger partial charge on any atom is -0.496 e. The van der Waals surface area contributed by atoms with E-state index in [9.17, 15) is 4.79 Å². The van der Waals surface area contributed by atoms with Crippen LogP contribution in [-0.2, 0) is 6.50 Å². The number of rotatable bonds is 6. The summed E-state index contributed by atoms with van der Waals surface area (Å²) in [6, 6.07) is 11.1. The lowest BCUT2D eigenvalue weighted by Gasteiger charge is -2.25. The largest absolute Gasteiger partial charge is 0.496 e. The first kappa shape index (κ1) is 13.9. The van der Waals surface area contributed by atoms with Gasteiger partial charge in [-0.15, -0.1) is 0 Å². The maximum atomic E-state index is 13.0. The fourth-order valence-electron chi connectivity index (χ4n) is 3.21. The molecule has 144 valence electrons. The van der Waals surface area contributed by atoms with E-state index >= 15 is 0 Å². The second-order valence-electron chi connectivity index (χ2n) is 6.44. The highest BCUT2D eigenvalue weighted by Crippen LogP contribution is 2.31. The molecule has 0 spiro atoms. The molecular weight excluding hydrogens is 362 g/mol. The first-order valence-corrected chi connectivity index (χ1v) is 9.10. The number of methoxy groups -OCH3 is 1. The summed E-state index contributed by atoms with van der Waals surface area (Å²) in [6.45, 7) is -1.76. The maximum Gasteiger partial charge on any atom is 0.255 e. The molecule has 6 heteroatoms. The number of carbonyl (C=O) groups is 1. The number of benzene rings is 2. The zero-order valence-electron chi connectivity index (χ0n) is 20.3. The molecule has 2 aromatic carbocycles. The van der Waals surface area contributed by atoms with Crippen molar-refractivity contribution in [2.75, 3.05) is 25.9 Å². The average Bonchev–Trinajstić information content (AvgIpc) is 3.09. The van der Waals surface area contributed by atoms with Crippen LogP contribution >= 0.6 is 11.6 Å². The third-order valence-corrected chi connectivity index (χ3v) is 5.10. The Bertz CT molecular complexity index is 972. The van der Waals surface area contributed by atoms with Gasteiger partial charge in [-0.1, -0.05) is 41.9 Å². The van der Waals surface area contributed by atoms with Gasteiger partial charge < -0.3 is 15.4 Å². The van der Waals surface area contributed by atoms with Crippen LogP contribution in [0.15, 0.2) is 42.5 Å². The maximum absolute atomic E-state index is 13.0. The molecule has 1 heterocycles. The summed E-state index contributed by atoms with van der Waals surface area (Å²) in [6.07, 6.45) is 0.577. The molecule has 0 unspecified atom stereocenters. The molecule has 0 aliphatic carbocycles. The van der Waals surface area contributed by atoms with Gasteiger partial charge in [-0.05, 0) is 25.0 Å². The van der Waals surface area contributed by atoms with Crippen molar-refractivity contribution in [2.45, 2.75) is 31.9 Å². The number of halogens is 1. The molecule has 2 aromatic rings. The van der Waals surface area contributed by atoms with Crippen LogP contribution in [0.3, 0.4) is 0 Å². The number of amides is 1. The second kappa shape index (κ2) is 8.63. The van der Waals surface area contributed by atoms with E-state index in [1.54, 1.807) is 29.2 Å². The Hall–Kier alpha value is -2.24. The lowest BCUT2D eigenvalue weighted by atomic mass is 10.1. The van der Waals surface area contributed by atoms with E-state index in [0.29, 0.717) is 18.5 Å². The van der Waals surface area contributed by atoms with Crippen molar-refractivity contribution in [3.63, 3.8) is 0 Å². The minimum atomic E-state index is -2.45. The molecule has 3 rings (SSSR count). The quantitative estimate of drug-likeness (QED) is 0.785. The zero-order valence-corrected chi connectivity index (χ0v) is 16.0. The van der Waals surface area contributed by atoms with Crippen molar-refractivity contribution in [2.24, 2.45) is 0 Å². The van der Waals surface area contributed by atoms with Gasteiger partial charge in [-0.3, -0.25) is 9.69 Å². The van der Waals surface area contributed by atoms with Gasteiger partial charge in [0.2, 0.25) is 0 Å². The Labute approximate surface area is 172 Å². The van der Waals surface area contributed by atoms with Crippen LogP contribution in [0.25, 0.3) is 0 Å². The van der Waals surface area contributed by atoms with Crippen LogP contribution < -0.4 is 15.4 Å². The fraction of sp³-hybridized carbons (Fsp3) is 0.381. The van der Waals surface area contributed by atoms with Crippen molar-refractivity contribution in [1.82, 2.24) is 10.2 Å². The third kappa shape index (κ3) is 4.37. The number of hydrogen-bond acceptors (Lipinski definition) is 4. The third-order valence-electron chi connectivity index (χ3n) is 4.79. The van der Waals surface area contributed by atoms with Gasteiger partial charge in [0.15, 0.2) is 0 Å². The van der Waals surface area contributed by atoms with Crippen LogP contribution in [0.2, 0.25) is 5.02 Å². The van der Waals surface area contributed by atoms with Crippen molar-refractivity contribution >= 4 is 23.2 Å². The van der Waals surface area contributed by atoms with Gasteiger partial charge in [0.05, 0.1) is 23.4 Å². The lowest BCUT2D eigenvalue weighted by Crippen LogP contribution is -2.43. The molecule has 0 radical (unpaired) electrons. The predicted molar refractivity (Wildman–Crippen MR) is 110 cm³/mol. The molecule has 0 aromatic heterocycles. The topological polar surface area (TPSA) is 53.6 Å². The number of hydrogen-bond donors (Lipinski definition) is 2. The van der Waals surface area contributed by atoms with Crippen molar-refractivity contribution < 1.29 is 16.4 Å². The molecule has 2 atom stereocenters. The first-order valence-electron chi connectivity index (χ1n) is 11.2. The average molecular weight is 393 g/mol. The van der Waals surface area contributed by atoms with Gasteiger partial charge in [0.1, 0.15) is 5.75 Å². The van der Waals surface area contributed by atoms with Gasteiger partial charge in [0, 0.05) is 45.0 Å². The zero-order chi connectivity index (χ0) is 23.7. The number of likely N-dealkylation sites (tertiary alicyclic amines) is 1. The smallest absolute Gasteiger partial charge is 0.255 e. The number of ether oxygens (including phenoxy) is 1. The highest BCUT2D eigenvalue weighted by Gasteiger charge is 2.32. The standard InChI is InChI=1S/C21H26ClN3O2/c1-14-18(9-10-25(14)13-15-7-5-4-6-8-15)24-21(26)16-11-17(22)19(23-2)12-20(16)27-3/h4-8,11-12,14,18,23H,9-10,13H2,1-3H3,(H,24,26)/t14-,18-/m0/s1/i2D3,13D2. The number of nitrogens with zero attached hydrogens (tertiary/aromatic N) is 1. The van der Waals surface area contributed by atoms with Crippen LogP contribution in [0, 0.1) is 0 Å². The highest BCUT2D eigenvalue weighted by molar-refractivity contribution is 6.33. The van der Waals surface area contributed by atoms with Crippen LogP contribution in [0.4, 0.5) is 5.69 Å². The van der Waals surface area contributed by atoms with E-state index in [-0.39, 0.29) is 34.1 Å². The molecule has 1 aliphatic rings. The summed E-state index contributed by atoms with van der Waals surface area (Å²) < 4.78 is 44.5. The first-order chi connectivity index (χ1) is 14.9. The van der Waals surface area contributed by atoms with E-state index in [0.717, 1.165) is 0 Å². The van der Waals surface area contributed by atoms with Gasteiger partial charge in [-0.2, -0.15) is 0 Å². The fourth-order valence-corrected chi connectivity index (χ4v) is 3.42. The molecule has 1 amide bonds. The Kier molecular flexibility index (Phi) is 4.43. The van der Waals surface area contributed by atoms with E-state index < -0.39 is 19.4 Å². The Morgan fingerprint density at radius 3 is 2.89 bits per heavy atom. The van der Waals surface area contributed by atoms with Crippen LogP contribution in [-0.4, -0.2) is 43.5 Å². The summed E-state index contributed by atoms with van der Waals surface area (Å²) in [7, 11) is 1.38. The minimum absolute atomic E-state index is 0.0774. The van der Waals surface area contributed by atoms with Crippen LogP contribution in [0.5, 0.6) is 5.75 Å². The molecule has 0 bridgehead atoms. The summed E-state index contributed by atoms with van der Waals surface area (Å²) in [5, 5.41) is 5.34. The summed E-state index contributed by atoms with van der Waals surface area (Å²) in [4.78, 5) is 14.7. The monoisotopic (exact) mass is 392 g/mol. The van der Waals surface area contributed by atoms with E-state index in [1.807, 2.05) is 13.0 Å². The van der Waals surface area contributed by atoms with Crippen molar-refractivity contribution in [3.05, 3.63) is 58.6 Å². The van der Waals surface area contributed by atoms with Gasteiger partial charge in [-0.25, -0.2) is 0 Å². The molecular formula is C21H26ClN3O2. The molecule has 27 heavy (non-hydrogen) atoms. The normalized spacial score (nSPS) is 23.4. The summed E-state index contributed by atoms with van der Waals surface area (Å²) in [5.41, 5.74) is 0.867. The van der Waals surface area contributed by atoms with Crippen molar-refractivity contribution in [1.29, 1.82) is 0 Å². The molecule has 1 fully saturated rings. The highest BCUT2D eigenvalue weighted by atomic mass is 35.5. The SMILES string of the molecule is [2H]C([2H])([2H])Nc1cc(OC)c(C(=O)N[C@H]2CCN(C([2H])([2H])c3ccccc3)[C@H]2C)cc1Cl. The van der Waals surface area contributed by atoms with Crippen LogP contribution in [0.1, 0.15) is 36.1 Å². The summed E-state index contributed by atoms with van der Waals surface area (Å²) >= 11 is 6.20. The van der Waals surface area contributed by atoms with E-state index in [4.69, 9.17) is 23.2 Å².